The van der Waals surface area contributed by atoms with Crippen molar-refractivity contribution in [3.05, 3.63) is 71.0 Å². The van der Waals surface area contributed by atoms with Gasteiger partial charge in [-0.15, -0.1) is 13.2 Å². The molecule has 1 unspecified atom stereocenters. The Labute approximate surface area is 170 Å². The molecule has 0 amide bonds. The molecule has 8 heteroatoms. The van der Waals surface area contributed by atoms with E-state index in [1.54, 1.807) is 37.3 Å². The number of carbonyl (C=O) groups excluding carboxylic acids is 1. The van der Waals surface area contributed by atoms with Crippen molar-refractivity contribution < 1.29 is 22.7 Å². The Morgan fingerprint density at radius 1 is 1.00 bits per heavy atom. The summed E-state index contributed by atoms with van der Waals surface area (Å²) in [6.45, 7) is 1.72. The van der Waals surface area contributed by atoms with E-state index in [4.69, 9.17) is 5.73 Å². The van der Waals surface area contributed by atoms with Crippen LogP contribution in [0.4, 0.5) is 19.1 Å². The van der Waals surface area contributed by atoms with Crippen LogP contribution in [0.3, 0.4) is 0 Å². The highest BCUT2D eigenvalue weighted by Gasteiger charge is 2.34. The van der Waals surface area contributed by atoms with Crippen LogP contribution in [0.2, 0.25) is 0 Å². The molecule has 0 spiro atoms. The van der Waals surface area contributed by atoms with Crippen molar-refractivity contribution in [2.24, 2.45) is 0 Å². The molecule has 0 radical (unpaired) electrons. The van der Waals surface area contributed by atoms with Gasteiger partial charge in [0.15, 0.2) is 5.78 Å². The van der Waals surface area contributed by atoms with Crippen LogP contribution in [-0.4, -0.2) is 22.1 Å². The Balaban J connectivity index is 1.78. The number of anilines is 1. The second-order valence-corrected chi connectivity index (χ2v) is 7.15. The Morgan fingerprint density at radius 2 is 1.67 bits per heavy atom. The molecule has 2 N–H and O–H groups in total. The number of alkyl halides is 3. The number of hydrogen-bond acceptors (Lipinski definition) is 5. The third-order valence-electron chi connectivity index (χ3n) is 5.14. The summed E-state index contributed by atoms with van der Waals surface area (Å²) in [5.74, 6) is -0.554. The van der Waals surface area contributed by atoms with Gasteiger partial charge in [0, 0.05) is 12.0 Å². The number of para-hydroxylation sites is 1. The summed E-state index contributed by atoms with van der Waals surface area (Å²) in [6, 6.07) is 13.1. The van der Waals surface area contributed by atoms with E-state index < -0.39 is 6.36 Å². The van der Waals surface area contributed by atoms with Gasteiger partial charge in [0.05, 0.1) is 17.0 Å². The number of nitrogens with zero attached hydrogens (tertiary/aromatic N) is 2. The monoisotopic (exact) mass is 413 g/mol. The lowest BCUT2D eigenvalue weighted by Crippen LogP contribution is -2.23. The lowest BCUT2D eigenvalue weighted by Gasteiger charge is -2.26. The molecule has 1 heterocycles. The third-order valence-corrected chi connectivity index (χ3v) is 5.14. The summed E-state index contributed by atoms with van der Waals surface area (Å²) in [5, 5.41) is 0. The zero-order valence-electron chi connectivity index (χ0n) is 16.0. The molecular formula is C22H18F3N3O2. The van der Waals surface area contributed by atoms with Crippen molar-refractivity contribution in [2.45, 2.75) is 32.0 Å². The van der Waals surface area contributed by atoms with Crippen LogP contribution in [0, 0.1) is 6.92 Å². The molecule has 1 aromatic heterocycles. The zero-order valence-corrected chi connectivity index (χ0v) is 16.0. The zero-order chi connectivity index (χ0) is 21.5. The van der Waals surface area contributed by atoms with Crippen molar-refractivity contribution in [3.63, 3.8) is 0 Å². The molecule has 0 aliphatic heterocycles. The maximum atomic E-state index is 12.9. The number of nitrogens with two attached hydrogens (primary N) is 1. The maximum absolute atomic E-state index is 12.9. The number of Topliss-reactive ketones (excluding diaryl/α,β-unsaturated/α-hetero) is 1. The topological polar surface area (TPSA) is 78.1 Å². The van der Waals surface area contributed by atoms with Crippen LogP contribution in [-0.2, 0) is 6.42 Å². The minimum Gasteiger partial charge on any atom is -0.405 e. The molecule has 4 rings (SSSR count). The number of carbonyl (C=O) groups is 1. The fraction of sp³-hybridized carbons (Fsp3) is 0.227. The van der Waals surface area contributed by atoms with E-state index in [1.807, 2.05) is 6.07 Å². The molecule has 3 aromatic rings. The van der Waals surface area contributed by atoms with Gasteiger partial charge < -0.3 is 10.5 Å². The molecule has 1 aliphatic rings. The second-order valence-electron chi connectivity index (χ2n) is 7.15. The first-order valence-electron chi connectivity index (χ1n) is 9.33. The van der Waals surface area contributed by atoms with E-state index >= 15 is 0 Å². The number of ketones is 1. The van der Waals surface area contributed by atoms with Gasteiger partial charge in [-0.25, -0.2) is 9.97 Å². The largest absolute Gasteiger partial charge is 0.573 e. The molecule has 5 nitrogen and oxygen atoms in total. The first kappa shape index (κ1) is 19.9. The Kier molecular flexibility index (Phi) is 4.93. The van der Waals surface area contributed by atoms with Gasteiger partial charge in [0.1, 0.15) is 5.75 Å². The molecule has 0 saturated carbocycles. The summed E-state index contributed by atoms with van der Waals surface area (Å²) in [5.41, 5.74) is 8.99. The first-order valence-corrected chi connectivity index (χ1v) is 9.33. The van der Waals surface area contributed by atoms with Crippen LogP contribution in [0.25, 0.3) is 11.1 Å². The number of rotatable bonds is 3. The van der Waals surface area contributed by atoms with Crippen molar-refractivity contribution in [2.75, 3.05) is 5.73 Å². The minimum absolute atomic E-state index is 0.0944. The number of nitrogen functional groups attached to an aromatic ring is 1. The number of halogens is 3. The van der Waals surface area contributed by atoms with Crippen LogP contribution in [0.15, 0.2) is 48.5 Å². The number of aromatic nitrogens is 2. The Bertz CT molecular complexity index is 1130. The predicted molar refractivity (Wildman–Crippen MR) is 105 cm³/mol. The Morgan fingerprint density at radius 3 is 2.40 bits per heavy atom. The van der Waals surface area contributed by atoms with Crippen molar-refractivity contribution >= 4 is 11.7 Å². The van der Waals surface area contributed by atoms with Crippen LogP contribution in [0.5, 0.6) is 5.75 Å². The molecule has 1 aliphatic carbocycles. The average molecular weight is 413 g/mol. The molecule has 0 saturated heterocycles. The smallest absolute Gasteiger partial charge is 0.405 e. The van der Waals surface area contributed by atoms with E-state index in [0.29, 0.717) is 34.5 Å². The summed E-state index contributed by atoms with van der Waals surface area (Å²) in [7, 11) is 0. The highest BCUT2D eigenvalue weighted by molar-refractivity contribution is 6.00. The summed E-state index contributed by atoms with van der Waals surface area (Å²) < 4.78 is 42.9. The number of aryl methyl sites for hydroxylation is 1. The van der Waals surface area contributed by atoms with Gasteiger partial charge >= 0.3 is 6.36 Å². The quantitative estimate of drug-likeness (QED) is 0.664. The highest BCUT2D eigenvalue weighted by atomic mass is 19.4. The van der Waals surface area contributed by atoms with E-state index in [9.17, 15) is 18.0 Å². The highest BCUT2D eigenvalue weighted by Crippen LogP contribution is 2.41. The molecule has 154 valence electrons. The normalized spacial score (nSPS) is 16.3. The molecule has 1 atom stereocenters. The lowest BCUT2D eigenvalue weighted by atomic mass is 9.78. The Hall–Kier alpha value is -3.42. The molecule has 0 fully saturated rings. The van der Waals surface area contributed by atoms with Crippen molar-refractivity contribution in [1.82, 2.24) is 9.97 Å². The average Bonchev–Trinajstić information content (AvgIpc) is 2.66. The van der Waals surface area contributed by atoms with E-state index in [2.05, 4.69) is 14.7 Å². The molecular weight excluding hydrogens is 395 g/mol. The predicted octanol–water partition coefficient (Wildman–Crippen LogP) is 4.85. The standard InChI is InChI=1S/C22H18F3N3O2/c1-12-20-17(28-21(26)27-12)10-13(11-18(20)29)14-6-2-3-7-15(14)16-8-4-5-9-19(16)30-22(23,24)25/h2-9,13H,10-11H2,1H3,(H2,26,27,28). The number of ether oxygens (including phenoxy) is 1. The van der Waals surface area contributed by atoms with E-state index in [0.717, 1.165) is 5.56 Å². The fourth-order valence-electron chi connectivity index (χ4n) is 4.02. The fourth-order valence-corrected chi connectivity index (χ4v) is 4.02. The molecule has 0 bridgehead atoms. The van der Waals surface area contributed by atoms with Gasteiger partial charge in [-0.3, -0.25) is 4.79 Å². The number of hydrogen-bond donors (Lipinski definition) is 1. The van der Waals surface area contributed by atoms with Gasteiger partial charge in [0.2, 0.25) is 5.95 Å². The van der Waals surface area contributed by atoms with Crippen molar-refractivity contribution in [3.8, 4) is 16.9 Å². The van der Waals surface area contributed by atoms with Crippen LogP contribution >= 0.6 is 0 Å². The van der Waals surface area contributed by atoms with Crippen molar-refractivity contribution in [1.29, 1.82) is 0 Å². The first-order chi connectivity index (χ1) is 14.2. The minimum atomic E-state index is -4.81. The SMILES string of the molecule is Cc1nc(N)nc2c1C(=O)CC(c1ccccc1-c1ccccc1OC(F)(F)F)C2. The number of fused-ring (bicyclic) bond motifs is 1. The van der Waals surface area contributed by atoms with Gasteiger partial charge in [-0.1, -0.05) is 42.5 Å². The van der Waals surface area contributed by atoms with Gasteiger partial charge in [-0.2, -0.15) is 0 Å². The molecule has 30 heavy (non-hydrogen) atoms. The summed E-state index contributed by atoms with van der Waals surface area (Å²) >= 11 is 0. The lowest BCUT2D eigenvalue weighted by molar-refractivity contribution is -0.274. The van der Waals surface area contributed by atoms with Crippen LogP contribution < -0.4 is 10.5 Å². The van der Waals surface area contributed by atoms with Gasteiger partial charge in [-0.05, 0) is 36.5 Å². The van der Waals surface area contributed by atoms with E-state index in [1.165, 1.54) is 12.1 Å². The summed E-state index contributed by atoms with van der Waals surface area (Å²) in [4.78, 5) is 21.1. The molecule has 2 aromatic carbocycles. The number of benzene rings is 2. The summed E-state index contributed by atoms with van der Waals surface area (Å²) in [6.07, 6.45) is -4.16. The van der Waals surface area contributed by atoms with E-state index in [-0.39, 0.29) is 29.8 Å². The second kappa shape index (κ2) is 7.44. The van der Waals surface area contributed by atoms with Gasteiger partial charge in [0.25, 0.3) is 0 Å². The third kappa shape index (κ3) is 3.85. The maximum Gasteiger partial charge on any atom is 0.573 e. The van der Waals surface area contributed by atoms with Crippen LogP contribution in [0.1, 0.15) is 39.6 Å².